The van der Waals surface area contributed by atoms with E-state index in [9.17, 15) is 4.79 Å². The average Bonchev–Trinajstić information content (AvgIpc) is 2.43. The summed E-state index contributed by atoms with van der Waals surface area (Å²) in [4.78, 5) is 11.0. The molecule has 0 heterocycles. The smallest absolute Gasteiger partial charge is 0.304 e. The van der Waals surface area contributed by atoms with Gasteiger partial charge in [0.2, 0.25) is 0 Å². The number of hydrogen-bond donors (Lipinski definition) is 2. The Hall–Kier alpha value is -1.35. The molecule has 1 rings (SSSR count). The SMILES string of the molecule is CCCCCNC(CC(=O)O)Cc1ccc(C(C)C)cc1. The van der Waals surface area contributed by atoms with Crippen LogP contribution in [-0.4, -0.2) is 23.7 Å². The van der Waals surface area contributed by atoms with Crippen molar-refractivity contribution in [3.05, 3.63) is 35.4 Å². The fraction of sp³-hybridized carbons (Fsp3) is 0.611. The highest BCUT2D eigenvalue weighted by Crippen LogP contribution is 2.16. The summed E-state index contributed by atoms with van der Waals surface area (Å²) in [6.45, 7) is 7.43. The highest BCUT2D eigenvalue weighted by atomic mass is 16.4. The third kappa shape index (κ3) is 7.28. The van der Waals surface area contributed by atoms with E-state index in [1.54, 1.807) is 0 Å². The van der Waals surface area contributed by atoms with Crippen molar-refractivity contribution in [3.63, 3.8) is 0 Å². The first kappa shape index (κ1) is 17.7. The second kappa shape index (κ2) is 9.56. The van der Waals surface area contributed by atoms with Crippen LogP contribution in [0.3, 0.4) is 0 Å². The molecule has 1 aromatic carbocycles. The van der Waals surface area contributed by atoms with Gasteiger partial charge in [-0.25, -0.2) is 0 Å². The second-order valence-corrected chi connectivity index (χ2v) is 6.06. The molecule has 21 heavy (non-hydrogen) atoms. The van der Waals surface area contributed by atoms with E-state index in [1.807, 2.05) is 0 Å². The maximum atomic E-state index is 11.0. The van der Waals surface area contributed by atoms with Crippen LogP contribution in [0, 0.1) is 0 Å². The van der Waals surface area contributed by atoms with E-state index in [4.69, 9.17) is 5.11 Å². The summed E-state index contributed by atoms with van der Waals surface area (Å²) in [5.74, 6) is -0.206. The average molecular weight is 291 g/mol. The molecule has 1 aromatic rings. The van der Waals surface area contributed by atoms with Crippen molar-refractivity contribution in [3.8, 4) is 0 Å². The standard InChI is InChI=1S/C18H29NO2/c1-4-5-6-11-19-17(13-18(20)21)12-15-7-9-16(10-8-15)14(2)3/h7-10,14,17,19H,4-6,11-13H2,1-3H3,(H,20,21). The van der Waals surface area contributed by atoms with Crippen molar-refractivity contribution < 1.29 is 9.90 Å². The zero-order valence-corrected chi connectivity index (χ0v) is 13.6. The molecule has 0 aliphatic rings. The lowest BCUT2D eigenvalue weighted by molar-refractivity contribution is -0.137. The summed E-state index contributed by atoms with van der Waals surface area (Å²) in [6.07, 6.45) is 4.44. The minimum atomic E-state index is -0.734. The van der Waals surface area contributed by atoms with Crippen LogP contribution in [0.4, 0.5) is 0 Å². The van der Waals surface area contributed by atoms with E-state index in [0.717, 1.165) is 19.4 Å². The first-order chi connectivity index (χ1) is 10.0. The molecule has 0 amide bonds. The van der Waals surface area contributed by atoms with Gasteiger partial charge in [0, 0.05) is 6.04 Å². The third-order valence-electron chi connectivity index (χ3n) is 3.76. The summed E-state index contributed by atoms with van der Waals surface area (Å²) in [5, 5.41) is 12.4. The molecule has 118 valence electrons. The van der Waals surface area contributed by atoms with Gasteiger partial charge in [0.25, 0.3) is 0 Å². The van der Waals surface area contributed by atoms with Gasteiger partial charge in [-0.1, -0.05) is 57.9 Å². The fourth-order valence-electron chi connectivity index (χ4n) is 2.43. The van der Waals surface area contributed by atoms with E-state index in [-0.39, 0.29) is 12.5 Å². The molecule has 1 unspecified atom stereocenters. The fourth-order valence-corrected chi connectivity index (χ4v) is 2.43. The molecule has 0 aliphatic heterocycles. The Morgan fingerprint density at radius 2 is 1.86 bits per heavy atom. The summed E-state index contributed by atoms with van der Waals surface area (Å²) in [7, 11) is 0. The van der Waals surface area contributed by atoms with Crippen LogP contribution in [0.15, 0.2) is 24.3 Å². The Labute approximate surface area is 128 Å². The first-order valence-corrected chi connectivity index (χ1v) is 8.07. The number of carbonyl (C=O) groups is 1. The zero-order valence-electron chi connectivity index (χ0n) is 13.6. The van der Waals surface area contributed by atoms with Crippen LogP contribution >= 0.6 is 0 Å². The largest absolute Gasteiger partial charge is 0.481 e. The lowest BCUT2D eigenvalue weighted by atomic mass is 9.98. The molecule has 0 saturated carbocycles. The Kier molecular flexibility index (Phi) is 8.06. The first-order valence-electron chi connectivity index (χ1n) is 8.07. The molecule has 2 N–H and O–H groups in total. The van der Waals surface area contributed by atoms with Crippen LogP contribution in [0.1, 0.15) is 63.5 Å². The number of carboxylic acids is 1. The van der Waals surface area contributed by atoms with Gasteiger partial charge in [-0.15, -0.1) is 0 Å². The highest BCUT2D eigenvalue weighted by Gasteiger charge is 2.13. The molecular weight excluding hydrogens is 262 g/mol. The number of rotatable bonds is 10. The number of unbranched alkanes of at least 4 members (excludes halogenated alkanes) is 2. The number of benzene rings is 1. The van der Waals surface area contributed by atoms with Crippen molar-refractivity contribution in [2.45, 2.75) is 64.8 Å². The molecule has 0 aromatic heterocycles. The van der Waals surface area contributed by atoms with Crippen molar-refractivity contribution in [2.24, 2.45) is 0 Å². The van der Waals surface area contributed by atoms with E-state index >= 15 is 0 Å². The molecule has 0 aliphatic carbocycles. The van der Waals surface area contributed by atoms with Gasteiger partial charge < -0.3 is 10.4 Å². The number of aliphatic carboxylic acids is 1. The van der Waals surface area contributed by atoms with Crippen molar-refractivity contribution in [2.75, 3.05) is 6.54 Å². The lowest BCUT2D eigenvalue weighted by Gasteiger charge is -2.17. The number of hydrogen-bond acceptors (Lipinski definition) is 2. The predicted molar refractivity (Wildman–Crippen MR) is 87.8 cm³/mol. The summed E-state index contributed by atoms with van der Waals surface area (Å²) >= 11 is 0. The van der Waals surface area contributed by atoms with Crippen LogP contribution in [0.2, 0.25) is 0 Å². The Balaban J connectivity index is 2.55. The minimum absolute atomic E-state index is 0.0178. The number of carboxylic acid groups (broad SMARTS) is 1. The van der Waals surface area contributed by atoms with E-state index < -0.39 is 5.97 Å². The molecular formula is C18H29NO2. The third-order valence-corrected chi connectivity index (χ3v) is 3.76. The maximum absolute atomic E-state index is 11.0. The Morgan fingerprint density at radius 3 is 2.38 bits per heavy atom. The van der Waals surface area contributed by atoms with Gasteiger partial charge in [0.15, 0.2) is 0 Å². The molecule has 0 spiro atoms. The summed E-state index contributed by atoms with van der Waals surface area (Å²) in [6, 6.07) is 8.56. The Bertz CT molecular complexity index is 412. The predicted octanol–water partition coefficient (Wildman–Crippen LogP) is 3.98. The quantitative estimate of drug-likeness (QED) is 0.641. The summed E-state index contributed by atoms with van der Waals surface area (Å²) in [5.41, 5.74) is 2.53. The number of nitrogens with one attached hydrogen (secondary N) is 1. The van der Waals surface area contributed by atoms with E-state index in [1.165, 1.54) is 24.0 Å². The van der Waals surface area contributed by atoms with Crippen LogP contribution in [0.5, 0.6) is 0 Å². The van der Waals surface area contributed by atoms with Crippen LogP contribution in [0.25, 0.3) is 0 Å². The van der Waals surface area contributed by atoms with E-state index in [0.29, 0.717) is 5.92 Å². The van der Waals surface area contributed by atoms with Gasteiger partial charge >= 0.3 is 5.97 Å². The topological polar surface area (TPSA) is 49.3 Å². The monoisotopic (exact) mass is 291 g/mol. The van der Waals surface area contributed by atoms with Gasteiger partial charge in [-0.2, -0.15) is 0 Å². The van der Waals surface area contributed by atoms with Crippen molar-refractivity contribution in [1.29, 1.82) is 0 Å². The molecule has 0 radical (unpaired) electrons. The molecule has 0 bridgehead atoms. The van der Waals surface area contributed by atoms with Gasteiger partial charge in [-0.05, 0) is 36.4 Å². The van der Waals surface area contributed by atoms with Gasteiger partial charge in [0.1, 0.15) is 0 Å². The highest BCUT2D eigenvalue weighted by molar-refractivity contribution is 5.67. The maximum Gasteiger partial charge on any atom is 0.304 e. The van der Waals surface area contributed by atoms with Crippen LogP contribution in [-0.2, 0) is 11.2 Å². The minimum Gasteiger partial charge on any atom is -0.481 e. The molecule has 3 heteroatoms. The second-order valence-electron chi connectivity index (χ2n) is 6.06. The lowest BCUT2D eigenvalue weighted by Crippen LogP contribution is -2.34. The van der Waals surface area contributed by atoms with Crippen molar-refractivity contribution in [1.82, 2.24) is 5.32 Å². The normalized spacial score (nSPS) is 12.6. The van der Waals surface area contributed by atoms with E-state index in [2.05, 4.69) is 50.4 Å². The molecule has 3 nitrogen and oxygen atoms in total. The van der Waals surface area contributed by atoms with Crippen molar-refractivity contribution >= 4 is 5.97 Å². The Morgan fingerprint density at radius 1 is 1.19 bits per heavy atom. The van der Waals surface area contributed by atoms with Gasteiger partial charge in [0.05, 0.1) is 6.42 Å². The molecule has 0 saturated heterocycles. The van der Waals surface area contributed by atoms with Gasteiger partial charge in [-0.3, -0.25) is 4.79 Å². The molecule has 1 atom stereocenters. The molecule has 0 fully saturated rings. The zero-order chi connectivity index (χ0) is 15.7. The summed E-state index contributed by atoms with van der Waals surface area (Å²) < 4.78 is 0. The van der Waals surface area contributed by atoms with Crippen LogP contribution < -0.4 is 5.32 Å².